The van der Waals surface area contributed by atoms with Crippen molar-refractivity contribution in [2.45, 2.75) is 57.9 Å². The van der Waals surface area contributed by atoms with Crippen LogP contribution in [0.5, 0.6) is 0 Å². The molecule has 0 spiro atoms. The highest BCUT2D eigenvalue weighted by atomic mass is 79.9. The van der Waals surface area contributed by atoms with Crippen LogP contribution in [0.15, 0.2) is 21.1 Å². The third-order valence-corrected chi connectivity index (χ3v) is 6.09. The van der Waals surface area contributed by atoms with Gasteiger partial charge in [-0.15, -0.1) is 0 Å². The van der Waals surface area contributed by atoms with Crippen LogP contribution in [0, 0.1) is 12.8 Å². The lowest BCUT2D eigenvalue weighted by atomic mass is 9.89. The molecule has 1 fully saturated rings. The fourth-order valence-electron chi connectivity index (χ4n) is 3.26. The van der Waals surface area contributed by atoms with Crippen LogP contribution >= 0.6 is 31.9 Å². The van der Waals surface area contributed by atoms with Crippen LogP contribution < -0.4 is 5.32 Å². The largest absolute Gasteiger partial charge is 0.313 e. The van der Waals surface area contributed by atoms with Crippen LogP contribution in [-0.4, -0.2) is 7.05 Å². The Hall–Kier alpha value is 0.140. The lowest BCUT2D eigenvalue weighted by Gasteiger charge is -2.24. The van der Waals surface area contributed by atoms with E-state index in [-0.39, 0.29) is 0 Å². The van der Waals surface area contributed by atoms with E-state index in [0.29, 0.717) is 6.04 Å². The molecule has 1 aromatic carbocycles. The quantitative estimate of drug-likeness (QED) is 0.596. The van der Waals surface area contributed by atoms with E-state index in [1.165, 1.54) is 65.0 Å². The fourth-order valence-corrected chi connectivity index (χ4v) is 4.36. The van der Waals surface area contributed by atoms with Crippen LogP contribution in [0.3, 0.4) is 0 Å². The summed E-state index contributed by atoms with van der Waals surface area (Å²) in [5, 5.41) is 3.52. The molecular formula is C17H25Br2N. The van der Waals surface area contributed by atoms with E-state index in [1.807, 2.05) is 0 Å². The molecule has 0 bridgehead atoms. The normalized spacial score (nSPS) is 18.8. The zero-order valence-corrected chi connectivity index (χ0v) is 15.7. The van der Waals surface area contributed by atoms with E-state index >= 15 is 0 Å². The smallest absolute Gasteiger partial charge is 0.0331 e. The Labute approximate surface area is 140 Å². The van der Waals surface area contributed by atoms with Gasteiger partial charge in [0.1, 0.15) is 0 Å². The number of hydrogen-bond donors (Lipinski definition) is 1. The second-order valence-corrected chi connectivity index (χ2v) is 7.77. The van der Waals surface area contributed by atoms with Gasteiger partial charge >= 0.3 is 0 Å². The SMILES string of the molecule is CNC(CC1CCCCCC1)c1cc(Br)c(C)cc1Br. The van der Waals surface area contributed by atoms with Crippen LogP contribution in [0.1, 0.15) is 62.1 Å². The molecular weight excluding hydrogens is 378 g/mol. The van der Waals surface area contributed by atoms with Crippen molar-refractivity contribution >= 4 is 31.9 Å². The topological polar surface area (TPSA) is 12.0 Å². The predicted molar refractivity (Wildman–Crippen MR) is 94.2 cm³/mol. The molecule has 0 heterocycles. The first-order valence-corrected chi connectivity index (χ1v) is 9.33. The van der Waals surface area contributed by atoms with Crippen molar-refractivity contribution in [2.75, 3.05) is 7.05 Å². The van der Waals surface area contributed by atoms with E-state index < -0.39 is 0 Å². The van der Waals surface area contributed by atoms with Crippen LogP contribution in [-0.2, 0) is 0 Å². The highest BCUT2D eigenvalue weighted by Gasteiger charge is 2.20. The first-order chi connectivity index (χ1) is 9.61. The maximum absolute atomic E-state index is 3.74. The summed E-state index contributed by atoms with van der Waals surface area (Å²) in [6.07, 6.45) is 9.76. The number of hydrogen-bond acceptors (Lipinski definition) is 1. The van der Waals surface area contributed by atoms with Crippen molar-refractivity contribution < 1.29 is 0 Å². The first-order valence-electron chi connectivity index (χ1n) is 7.74. The minimum absolute atomic E-state index is 0.448. The Kier molecular flexibility index (Phi) is 6.57. The average Bonchev–Trinajstić information content (AvgIpc) is 2.69. The average molecular weight is 403 g/mol. The van der Waals surface area contributed by atoms with Gasteiger partial charge in [-0.05, 0) is 49.6 Å². The monoisotopic (exact) mass is 401 g/mol. The molecule has 1 unspecified atom stereocenters. The maximum atomic E-state index is 3.74. The van der Waals surface area contributed by atoms with Crippen molar-refractivity contribution in [3.05, 3.63) is 32.2 Å². The van der Waals surface area contributed by atoms with Gasteiger partial charge in [0, 0.05) is 15.0 Å². The minimum Gasteiger partial charge on any atom is -0.313 e. The number of nitrogens with one attached hydrogen (secondary N) is 1. The second-order valence-electron chi connectivity index (χ2n) is 6.06. The highest BCUT2D eigenvalue weighted by Crippen LogP contribution is 2.35. The Balaban J connectivity index is 2.13. The Morgan fingerprint density at radius 1 is 1.10 bits per heavy atom. The molecule has 0 saturated heterocycles. The number of benzene rings is 1. The molecule has 0 aliphatic heterocycles. The van der Waals surface area contributed by atoms with Gasteiger partial charge in [0.2, 0.25) is 0 Å². The summed E-state index contributed by atoms with van der Waals surface area (Å²) in [5.41, 5.74) is 2.67. The standard InChI is InChI=1S/C17H25Br2N/c1-12-9-16(19)14(11-15(12)18)17(20-2)10-13-7-5-3-4-6-8-13/h9,11,13,17,20H,3-8,10H2,1-2H3. The molecule has 1 saturated carbocycles. The minimum atomic E-state index is 0.448. The van der Waals surface area contributed by atoms with Gasteiger partial charge in [0.25, 0.3) is 0 Å². The van der Waals surface area contributed by atoms with Gasteiger partial charge < -0.3 is 5.32 Å². The van der Waals surface area contributed by atoms with Crippen LogP contribution in [0.4, 0.5) is 0 Å². The number of halogens is 2. The summed E-state index contributed by atoms with van der Waals surface area (Å²) in [5.74, 6) is 0.877. The van der Waals surface area contributed by atoms with Gasteiger partial charge in [-0.2, -0.15) is 0 Å². The van der Waals surface area contributed by atoms with Gasteiger partial charge in [-0.3, -0.25) is 0 Å². The Bertz CT molecular complexity index is 437. The summed E-state index contributed by atoms with van der Waals surface area (Å²) in [6.45, 7) is 2.14. The molecule has 1 atom stereocenters. The third-order valence-electron chi connectivity index (χ3n) is 4.55. The highest BCUT2D eigenvalue weighted by molar-refractivity contribution is 9.11. The van der Waals surface area contributed by atoms with E-state index in [4.69, 9.17) is 0 Å². The molecule has 1 aliphatic carbocycles. The lowest BCUT2D eigenvalue weighted by Crippen LogP contribution is -2.20. The van der Waals surface area contributed by atoms with E-state index in [2.05, 4.69) is 63.3 Å². The van der Waals surface area contributed by atoms with Crippen molar-refractivity contribution in [1.82, 2.24) is 5.32 Å². The summed E-state index contributed by atoms with van der Waals surface area (Å²) in [4.78, 5) is 0. The van der Waals surface area contributed by atoms with Gasteiger partial charge in [0.15, 0.2) is 0 Å². The zero-order chi connectivity index (χ0) is 14.5. The maximum Gasteiger partial charge on any atom is 0.0331 e. The number of rotatable bonds is 4. The molecule has 20 heavy (non-hydrogen) atoms. The Morgan fingerprint density at radius 2 is 1.75 bits per heavy atom. The molecule has 3 heteroatoms. The first kappa shape index (κ1) is 16.5. The lowest BCUT2D eigenvalue weighted by molar-refractivity contribution is 0.367. The Morgan fingerprint density at radius 3 is 2.35 bits per heavy atom. The number of aryl methyl sites for hydroxylation is 1. The van der Waals surface area contributed by atoms with Crippen LogP contribution in [0.2, 0.25) is 0 Å². The molecule has 112 valence electrons. The molecule has 1 N–H and O–H groups in total. The fraction of sp³-hybridized carbons (Fsp3) is 0.647. The van der Waals surface area contributed by atoms with Crippen molar-refractivity contribution in [1.29, 1.82) is 0 Å². The van der Waals surface area contributed by atoms with E-state index in [1.54, 1.807) is 0 Å². The van der Waals surface area contributed by atoms with Crippen molar-refractivity contribution in [3.63, 3.8) is 0 Å². The van der Waals surface area contributed by atoms with Crippen molar-refractivity contribution in [3.8, 4) is 0 Å². The van der Waals surface area contributed by atoms with Crippen LogP contribution in [0.25, 0.3) is 0 Å². The molecule has 0 aromatic heterocycles. The van der Waals surface area contributed by atoms with E-state index in [0.717, 1.165) is 5.92 Å². The van der Waals surface area contributed by atoms with Gasteiger partial charge in [-0.25, -0.2) is 0 Å². The summed E-state index contributed by atoms with van der Waals surface area (Å²) in [7, 11) is 2.08. The molecule has 0 radical (unpaired) electrons. The predicted octanol–water partition coefficient (Wildman–Crippen LogP) is 6.14. The van der Waals surface area contributed by atoms with Gasteiger partial charge in [-0.1, -0.05) is 70.4 Å². The van der Waals surface area contributed by atoms with Crippen molar-refractivity contribution in [2.24, 2.45) is 5.92 Å². The molecule has 1 nitrogen and oxygen atoms in total. The molecule has 2 rings (SSSR count). The summed E-state index contributed by atoms with van der Waals surface area (Å²) in [6, 6.07) is 4.94. The summed E-state index contributed by atoms with van der Waals surface area (Å²) >= 11 is 7.41. The second kappa shape index (κ2) is 7.95. The van der Waals surface area contributed by atoms with E-state index in [9.17, 15) is 0 Å². The molecule has 0 amide bonds. The third kappa shape index (κ3) is 4.32. The van der Waals surface area contributed by atoms with Gasteiger partial charge in [0.05, 0.1) is 0 Å². The molecule has 1 aromatic rings. The molecule has 1 aliphatic rings. The summed E-state index contributed by atoms with van der Waals surface area (Å²) < 4.78 is 2.43. The zero-order valence-electron chi connectivity index (χ0n) is 12.5.